The molecule has 0 aliphatic carbocycles. The van der Waals surface area contributed by atoms with Crippen molar-refractivity contribution in [3.8, 4) is 58.4 Å². The van der Waals surface area contributed by atoms with E-state index in [0.717, 1.165) is 43.4 Å². The standard InChI is InChI=1S/C26H20N6O2.C15H10N5.C11H10BrNO2.3CH3.Sn/c1-33-21-13-17(5-4-12-27)14-22(34-2)23(21)19-6-3-7-20-24(19)31-26(32-25(20)29)30-18-10-8-16(15-28)9-11-18;16-9-10-5-7-11(8-6-10)18-15-19-13-4-2-1-3-12(13)14(17)20-15;1-14-9-6-8(4-3-5-13)7-10(15-2)11(9)12;;;;/h3-11,13-14H,1-2H3,(H3,29,30,31,32);1-3,5-8H,(H3,17,18,19,20);3-4,6-7H,1-2H3;3*1H3;/b5-4+;;4-3+;;;;. The van der Waals surface area contributed by atoms with Crippen molar-refractivity contribution >= 4 is 107 Å². The number of nitrogens with two attached hydrogens (primary N) is 2. The minimum absolute atomic E-state index is 0.314. The first kappa shape index (κ1) is 53.5. The number of anilines is 6. The second-order valence-electron chi connectivity index (χ2n) is 16.6. The summed E-state index contributed by atoms with van der Waals surface area (Å²) in [6.07, 6.45) is 6.16. The van der Waals surface area contributed by atoms with Crippen LogP contribution in [0.1, 0.15) is 22.3 Å². The van der Waals surface area contributed by atoms with E-state index >= 15 is 0 Å². The topological polar surface area (TPSA) is 260 Å². The van der Waals surface area contributed by atoms with Crippen LogP contribution in [0.15, 0.2) is 126 Å². The number of rotatable bonds is 12. The van der Waals surface area contributed by atoms with Crippen LogP contribution < -0.4 is 44.6 Å². The van der Waals surface area contributed by atoms with Gasteiger partial charge in [0.1, 0.15) is 33.3 Å². The van der Waals surface area contributed by atoms with E-state index < -0.39 is 18.4 Å². The number of nitriles is 4. The molecule has 73 heavy (non-hydrogen) atoms. The zero-order valence-corrected chi connectivity index (χ0v) is 45.4. The second kappa shape index (κ2) is 24.8. The Morgan fingerprint density at radius 2 is 0.959 bits per heavy atom. The predicted octanol–water partition coefficient (Wildman–Crippen LogP) is 11.4. The first-order valence-corrected chi connectivity index (χ1v) is 32.9. The number of benzene rings is 6. The molecule has 0 amide bonds. The van der Waals surface area contributed by atoms with Gasteiger partial charge in [0.05, 0.1) is 63.3 Å². The molecule has 364 valence electrons. The number of ether oxygens (including phenoxy) is 4. The summed E-state index contributed by atoms with van der Waals surface area (Å²) in [6, 6.07) is 41.3. The Balaban J connectivity index is 0.000000194. The van der Waals surface area contributed by atoms with Gasteiger partial charge in [-0.3, -0.25) is 0 Å². The maximum atomic E-state index is 9.01. The van der Waals surface area contributed by atoms with Gasteiger partial charge in [0.2, 0.25) is 5.95 Å². The van der Waals surface area contributed by atoms with Crippen molar-refractivity contribution in [2.75, 3.05) is 50.5 Å². The molecule has 0 bridgehead atoms. The number of fused-ring (bicyclic) bond motifs is 2. The third kappa shape index (κ3) is 13.3. The molecule has 0 unspecified atom stereocenters. The van der Waals surface area contributed by atoms with E-state index in [2.05, 4.69) is 69.6 Å². The second-order valence-corrected chi connectivity index (χ2v) is 31.8. The predicted molar refractivity (Wildman–Crippen MR) is 295 cm³/mol. The number of nitrogens with zero attached hydrogens (tertiary/aromatic N) is 8. The zero-order valence-electron chi connectivity index (χ0n) is 40.9. The molecule has 16 nitrogen and oxygen atoms in total. The quantitative estimate of drug-likeness (QED) is 0.0655. The van der Waals surface area contributed by atoms with E-state index in [4.69, 9.17) is 61.4 Å². The first-order valence-electron chi connectivity index (χ1n) is 22.2. The molecule has 0 radical (unpaired) electrons. The number of para-hydroxylation sites is 2. The van der Waals surface area contributed by atoms with Gasteiger partial charge in [0.15, 0.2) is 0 Å². The molecule has 0 spiro atoms. The van der Waals surface area contributed by atoms with Gasteiger partial charge in [-0.1, -0.05) is 12.1 Å². The number of hydrogen-bond donors (Lipinski definition) is 4. The Hall–Kier alpha value is -8.88. The molecule has 0 saturated carbocycles. The van der Waals surface area contributed by atoms with Crippen LogP contribution in [0.5, 0.6) is 23.0 Å². The first-order chi connectivity index (χ1) is 35.2. The zero-order chi connectivity index (χ0) is 52.7. The van der Waals surface area contributed by atoms with E-state index in [0.29, 0.717) is 74.1 Å². The molecule has 0 atom stereocenters. The Morgan fingerprint density at radius 1 is 0.548 bits per heavy atom. The summed E-state index contributed by atoms with van der Waals surface area (Å²) < 4.78 is 23.8. The van der Waals surface area contributed by atoms with Crippen LogP contribution in [0.25, 0.3) is 45.1 Å². The normalized spacial score (nSPS) is 10.7. The molecule has 0 fully saturated rings. The summed E-state index contributed by atoms with van der Waals surface area (Å²) in [5.74, 6) is 4.05. The maximum absolute atomic E-state index is 9.01. The molecular weight excluding hydrogens is 1090 g/mol. The van der Waals surface area contributed by atoms with Gasteiger partial charge in [-0.25, -0.2) is 4.98 Å². The van der Waals surface area contributed by atoms with Crippen molar-refractivity contribution in [2.24, 2.45) is 0 Å². The van der Waals surface area contributed by atoms with Crippen LogP contribution in [0.3, 0.4) is 0 Å². The molecule has 2 heterocycles. The van der Waals surface area contributed by atoms with Crippen LogP contribution in [-0.4, -0.2) is 66.8 Å². The molecule has 0 aliphatic rings. The van der Waals surface area contributed by atoms with Gasteiger partial charge in [-0.05, 0) is 93.8 Å². The van der Waals surface area contributed by atoms with Crippen LogP contribution >= 0.6 is 15.9 Å². The van der Waals surface area contributed by atoms with Crippen LogP contribution in [0.4, 0.5) is 34.9 Å². The van der Waals surface area contributed by atoms with Gasteiger partial charge < -0.3 is 30.0 Å². The van der Waals surface area contributed by atoms with Crippen molar-refractivity contribution < 1.29 is 18.9 Å². The van der Waals surface area contributed by atoms with Crippen molar-refractivity contribution in [1.82, 2.24) is 19.9 Å². The third-order valence-electron chi connectivity index (χ3n) is 10.8. The molecule has 8 aromatic rings. The average molecular weight is 1140 g/mol. The third-order valence-corrected chi connectivity index (χ3v) is 17.4. The van der Waals surface area contributed by atoms with E-state index in [1.807, 2.05) is 78.9 Å². The Kier molecular flexibility index (Phi) is 18.2. The van der Waals surface area contributed by atoms with Gasteiger partial charge in [-0.2, -0.15) is 20.8 Å². The summed E-state index contributed by atoms with van der Waals surface area (Å²) >= 11 is 1.03. The number of nitrogen functional groups attached to an aromatic ring is 2. The summed E-state index contributed by atoms with van der Waals surface area (Å²) in [7, 11) is 6.31. The van der Waals surface area contributed by atoms with E-state index in [1.54, 1.807) is 77.0 Å². The minimum atomic E-state index is -2.33. The van der Waals surface area contributed by atoms with Gasteiger partial charge in [-0.15, -0.1) is 0 Å². The number of allylic oxidation sites excluding steroid dienone is 2. The van der Waals surface area contributed by atoms with E-state index in [1.165, 1.54) is 15.7 Å². The van der Waals surface area contributed by atoms with Gasteiger partial charge in [0.25, 0.3) is 0 Å². The van der Waals surface area contributed by atoms with E-state index in [9.17, 15) is 0 Å². The molecule has 18 heteroatoms. The SMILES string of the molecule is COc1cc(/C=C/C#N)cc(OC)c1-c1cccc2c(N)nc(Nc3ccc(C#N)cc3)nc12.COc1cc(/C=C/C#N)cc(OC)c1Br.[CH3][Sn]([CH3])([CH3])[c]1cccc2c(N)nc(Nc3ccc(C#N)cc3)nc12. The fraction of sp³-hybridized carbons (Fsp3) is 0.127. The fourth-order valence-electron chi connectivity index (χ4n) is 7.33. The average Bonchev–Trinajstić information content (AvgIpc) is 3.40. The molecular formula is C55H49BrN12O4Sn. The molecule has 2 aromatic heterocycles. The monoisotopic (exact) mass is 1140 g/mol. The van der Waals surface area contributed by atoms with Crippen LogP contribution in [0.2, 0.25) is 14.8 Å². The molecule has 8 rings (SSSR count). The number of methoxy groups -OCH3 is 4. The number of halogens is 1. The van der Waals surface area contributed by atoms with E-state index in [-0.39, 0.29) is 0 Å². The van der Waals surface area contributed by atoms with Gasteiger partial charge >= 0.3 is 146 Å². The van der Waals surface area contributed by atoms with Crippen molar-refractivity contribution in [2.45, 2.75) is 14.8 Å². The summed E-state index contributed by atoms with van der Waals surface area (Å²) in [6.45, 7) is 0. The van der Waals surface area contributed by atoms with Crippen molar-refractivity contribution in [3.63, 3.8) is 0 Å². The van der Waals surface area contributed by atoms with Crippen molar-refractivity contribution in [3.05, 3.63) is 148 Å². The number of aromatic nitrogens is 4. The summed E-state index contributed by atoms with van der Waals surface area (Å²) in [5.41, 5.74) is 19.8. The number of nitrogens with one attached hydrogen (secondary N) is 2. The molecule has 6 aromatic carbocycles. The van der Waals surface area contributed by atoms with Gasteiger partial charge in [0, 0.05) is 28.8 Å². The molecule has 0 saturated heterocycles. The van der Waals surface area contributed by atoms with Crippen LogP contribution in [-0.2, 0) is 0 Å². The summed E-state index contributed by atoms with van der Waals surface area (Å²) in [5, 5.41) is 43.1. The molecule has 6 N–H and O–H groups in total. The Bertz CT molecular complexity index is 3490. The Morgan fingerprint density at radius 3 is 1.37 bits per heavy atom. The number of hydrogen-bond acceptors (Lipinski definition) is 16. The molecule has 0 aliphatic heterocycles. The fourth-order valence-corrected chi connectivity index (χ4v) is 12.2. The van der Waals surface area contributed by atoms with Crippen LogP contribution in [0, 0.1) is 45.3 Å². The van der Waals surface area contributed by atoms with Crippen molar-refractivity contribution in [1.29, 1.82) is 21.0 Å². The Labute approximate surface area is 435 Å². The summed E-state index contributed by atoms with van der Waals surface area (Å²) in [4.78, 5) is 25.3.